The lowest BCUT2D eigenvalue weighted by Gasteiger charge is -2.06. The fourth-order valence-electron chi connectivity index (χ4n) is 1.74. The number of nitrogens with two attached hydrogens (primary N) is 1. The molecule has 2 heterocycles. The zero-order valence-corrected chi connectivity index (χ0v) is 8.68. The van der Waals surface area contributed by atoms with E-state index in [0.717, 1.165) is 12.2 Å². The normalized spacial score (nSPS) is 24.0. The van der Waals surface area contributed by atoms with Crippen LogP contribution < -0.4 is 5.73 Å². The maximum atomic E-state index is 5.52. The van der Waals surface area contributed by atoms with Gasteiger partial charge in [0, 0.05) is 24.4 Å². The van der Waals surface area contributed by atoms with Gasteiger partial charge in [0.2, 0.25) is 0 Å². The molecule has 0 aliphatic carbocycles. The molecule has 1 aliphatic rings. The van der Waals surface area contributed by atoms with E-state index in [0.29, 0.717) is 12.5 Å². The van der Waals surface area contributed by atoms with Gasteiger partial charge in [-0.2, -0.15) is 0 Å². The van der Waals surface area contributed by atoms with E-state index in [-0.39, 0.29) is 0 Å². The van der Waals surface area contributed by atoms with Crippen LogP contribution in [0.1, 0.15) is 23.0 Å². The van der Waals surface area contributed by atoms with Crippen LogP contribution in [0.15, 0.2) is 5.38 Å². The van der Waals surface area contributed by atoms with Crippen molar-refractivity contribution in [3.05, 3.63) is 16.1 Å². The van der Waals surface area contributed by atoms with Crippen LogP contribution in [0.3, 0.4) is 0 Å². The molecule has 1 aliphatic heterocycles. The van der Waals surface area contributed by atoms with Crippen molar-refractivity contribution in [1.82, 2.24) is 9.88 Å². The Morgan fingerprint density at radius 2 is 2.62 bits per heavy atom. The van der Waals surface area contributed by atoms with Crippen LogP contribution >= 0.6 is 11.3 Å². The molecule has 0 spiro atoms. The van der Waals surface area contributed by atoms with Crippen molar-refractivity contribution in [2.45, 2.75) is 18.9 Å². The van der Waals surface area contributed by atoms with Gasteiger partial charge in [0.1, 0.15) is 0 Å². The molecule has 1 fully saturated rings. The predicted molar refractivity (Wildman–Crippen MR) is 54.9 cm³/mol. The van der Waals surface area contributed by atoms with Crippen molar-refractivity contribution in [2.24, 2.45) is 5.73 Å². The first kappa shape index (κ1) is 9.12. The highest BCUT2D eigenvalue weighted by atomic mass is 32.1. The van der Waals surface area contributed by atoms with Gasteiger partial charge in [-0.05, 0) is 20.0 Å². The molecule has 3 nitrogen and oxygen atoms in total. The Kier molecular flexibility index (Phi) is 2.62. The zero-order valence-electron chi connectivity index (χ0n) is 7.86. The maximum absolute atomic E-state index is 5.52. The summed E-state index contributed by atoms with van der Waals surface area (Å²) < 4.78 is 0. The van der Waals surface area contributed by atoms with Crippen LogP contribution in [0.5, 0.6) is 0 Å². The molecule has 72 valence electrons. The van der Waals surface area contributed by atoms with Gasteiger partial charge in [-0.15, -0.1) is 11.3 Å². The summed E-state index contributed by atoms with van der Waals surface area (Å²) in [6.45, 7) is 2.92. The first-order valence-electron chi connectivity index (χ1n) is 4.62. The third-order valence-electron chi connectivity index (χ3n) is 2.52. The second kappa shape index (κ2) is 3.74. The molecule has 0 aromatic carbocycles. The van der Waals surface area contributed by atoms with Gasteiger partial charge in [0.25, 0.3) is 0 Å². The number of hydrogen-bond acceptors (Lipinski definition) is 4. The van der Waals surface area contributed by atoms with E-state index >= 15 is 0 Å². The molecule has 1 saturated heterocycles. The van der Waals surface area contributed by atoms with Gasteiger partial charge in [-0.1, -0.05) is 0 Å². The molecule has 4 heteroatoms. The second-order valence-electron chi connectivity index (χ2n) is 3.63. The highest BCUT2D eigenvalue weighted by Gasteiger charge is 2.23. The van der Waals surface area contributed by atoms with Crippen LogP contribution in [0.2, 0.25) is 0 Å². The van der Waals surface area contributed by atoms with Crippen molar-refractivity contribution >= 4 is 11.3 Å². The summed E-state index contributed by atoms with van der Waals surface area (Å²) in [5.41, 5.74) is 6.56. The summed E-state index contributed by atoms with van der Waals surface area (Å²) in [6, 6.07) is 0. The summed E-state index contributed by atoms with van der Waals surface area (Å²) in [4.78, 5) is 6.87. The quantitative estimate of drug-likeness (QED) is 0.769. The Morgan fingerprint density at radius 1 is 1.77 bits per heavy atom. The molecular weight excluding hydrogens is 182 g/mol. The minimum Gasteiger partial charge on any atom is -0.325 e. The summed E-state index contributed by atoms with van der Waals surface area (Å²) in [7, 11) is 2.16. The number of rotatable bonds is 2. The maximum Gasteiger partial charge on any atom is 0.0973 e. The summed E-state index contributed by atoms with van der Waals surface area (Å²) in [5.74, 6) is 0.648. The van der Waals surface area contributed by atoms with E-state index in [2.05, 4.69) is 22.3 Å². The minimum absolute atomic E-state index is 0.569. The smallest absolute Gasteiger partial charge is 0.0973 e. The fraction of sp³-hybridized carbons (Fsp3) is 0.667. The molecule has 1 aromatic heterocycles. The van der Waals surface area contributed by atoms with Crippen LogP contribution in [-0.2, 0) is 6.54 Å². The molecule has 0 radical (unpaired) electrons. The summed E-state index contributed by atoms with van der Waals surface area (Å²) >= 11 is 1.76. The van der Waals surface area contributed by atoms with Crippen molar-refractivity contribution in [1.29, 1.82) is 0 Å². The fourth-order valence-corrected chi connectivity index (χ4v) is 2.70. The Bertz CT molecular complexity index is 284. The van der Waals surface area contributed by atoms with E-state index in [1.165, 1.54) is 18.0 Å². The van der Waals surface area contributed by atoms with Crippen LogP contribution in [0.4, 0.5) is 0 Å². The highest BCUT2D eigenvalue weighted by molar-refractivity contribution is 7.09. The van der Waals surface area contributed by atoms with Crippen molar-refractivity contribution in [2.75, 3.05) is 20.1 Å². The zero-order chi connectivity index (χ0) is 9.26. The Hall–Kier alpha value is -0.450. The van der Waals surface area contributed by atoms with Gasteiger partial charge in [0.15, 0.2) is 0 Å². The molecule has 1 unspecified atom stereocenters. The van der Waals surface area contributed by atoms with E-state index < -0.39 is 0 Å². The Labute approximate surface area is 82.6 Å². The van der Waals surface area contributed by atoms with Crippen LogP contribution in [-0.4, -0.2) is 30.0 Å². The molecule has 13 heavy (non-hydrogen) atoms. The third kappa shape index (κ3) is 1.90. The first-order chi connectivity index (χ1) is 6.29. The van der Waals surface area contributed by atoms with Gasteiger partial charge in [0.05, 0.1) is 10.7 Å². The molecular formula is C9H15N3S. The number of thiazole rings is 1. The second-order valence-corrected chi connectivity index (χ2v) is 4.52. The first-order valence-corrected chi connectivity index (χ1v) is 5.50. The van der Waals surface area contributed by atoms with Gasteiger partial charge in [-0.25, -0.2) is 4.98 Å². The molecule has 1 atom stereocenters. The van der Waals surface area contributed by atoms with Crippen LogP contribution in [0, 0.1) is 0 Å². The predicted octanol–water partition coefficient (Wildman–Crippen LogP) is 1.02. The number of nitrogens with zero attached hydrogens (tertiary/aromatic N) is 2. The average molecular weight is 197 g/mol. The van der Waals surface area contributed by atoms with Crippen molar-refractivity contribution in [3.63, 3.8) is 0 Å². The number of hydrogen-bond donors (Lipinski definition) is 1. The van der Waals surface area contributed by atoms with Crippen molar-refractivity contribution < 1.29 is 0 Å². The molecule has 1 aromatic rings. The molecule has 0 amide bonds. The average Bonchev–Trinajstić information content (AvgIpc) is 2.71. The summed E-state index contributed by atoms with van der Waals surface area (Å²) in [5, 5.41) is 3.35. The molecule has 0 bridgehead atoms. The third-order valence-corrected chi connectivity index (χ3v) is 3.58. The molecule has 2 rings (SSSR count). The monoisotopic (exact) mass is 197 g/mol. The Balaban J connectivity index is 2.08. The standard InChI is InChI=1S/C9H15N3S/c1-12-3-2-7(5-12)9-11-8(4-10)6-13-9/h6-7H,2-5,10H2,1H3. The molecule has 2 N–H and O–H groups in total. The van der Waals surface area contributed by atoms with Crippen LogP contribution in [0.25, 0.3) is 0 Å². The lowest BCUT2D eigenvalue weighted by molar-refractivity contribution is 0.411. The molecule has 0 saturated carbocycles. The minimum atomic E-state index is 0.569. The van der Waals surface area contributed by atoms with E-state index in [4.69, 9.17) is 5.73 Å². The largest absolute Gasteiger partial charge is 0.325 e. The lowest BCUT2D eigenvalue weighted by atomic mass is 10.1. The number of likely N-dealkylation sites (tertiary alicyclic amines) is 1. The van der Waals surface area contributed by atoms with E-state index in [1.54, 1.807) is 11.3 Å². The van der Waals surface area contributed by atoms with E-state index in [9.17, 15) is 0 Å². The van der Waals surface area contributed by atoms with Gasteiger partial charge in [-0.3, -0.25) is 0 Å². The SMILES string of the molecule is CN1CCC(c2nc(CN)cs2)C1. The topological polar surface area (TPSA) is 42.2 Å². The Morgan fingerprint density at radius 3 is 3.15 bits per heavy atom. The lowest BCUT2D eigenvalue weighted by Crippen LogP contribution is -2.13. The van der Waals surface area contributed by atoms with Gasteiger partial charge < -0.3 is 10.6 Å². The van der Waals surface area contributed by atoms with E-state index in [1.807, 2.05) is 0 Å². The van der Waals surface area contributed by atoms with Crippen molar-refractivity contribution in [3.8, 4) is 0 Å². The van der Waals surface area contributed by atoms with Gasteiger partial charge >= 0.3 is 0 Å². The number of likely N-dealkylation sites (N-methyl/N-ethyl adjacent to an activating group) is 1. The highest BCUT2D eigenvalue weighted by Crippen LogP contribution is 2.28. The summed E-state index contributed by atoms with van der Waals surface area (Å²) in [6.07, 6.45) is 1.24. The number of aromatic nitrogens is 1.